The molecule has 0 saturated heterocycles. The standard InChI is InChI=1S/C60H66N4O2/c1-35-31-45(32-36(2)53(35)59(65)63-39(5)41-17-9-7-10-18-41)47-25-13-21-43-23-15-27-49(55(43)47)51-29-30-52(58(62)57(51)61)50-28-16-24-44-22-14-26-48(56(44)50)46-33-37(3)54(38(4)34-46)60(66)64-40(6)42-19-11-8-12-20-42/h7-30,35-40,45-46,53-54H,31-34,61-62H2,1-6H3,(H,63,65)(H,64,66)/t35?,36?,37?,38?,39-,40-,45?,46?,53?,54?/m1/s1. The number of nitrogens with two attached hydrogens (primary N) is 2. The Kier molecular flexibility index (Phi) is 12.8. The van der Waals surface area contributed by atoms with Crippen molar-refractivity contribution in [3.8, 4) is 22.3 Å². The molecular formula is C60H66N4O2. The molecule has 0 heterocycles. The van der Waals surface area contributed by atoms with E-state index >= 15 is 0 Å². The molecule has 9 rings (SSSR count). The molecule has 6 N–H and O–H groups in total. The van der Waals surface area contributed by atoms with Gasteiger partial charge < -0.3 is 22.1 Å². The highest BCUT2D eigenvalue weighted by Gasteiger charge is 2.40. The van der Waals surface area contributed by atoms with E-state index in [0.717, 1.165) is 59.1 Å². The number of rotatable bonds is 10. The summed E-state index contributed by atoms with van der Waals surface area (Å²) in [6.45, 7) is 13.1. The Labute approximate surface area is 391 Å². The number of carbonyl (C=O) groups is 2. The minimum absolute atomic E-state index is 0.0446. The SMILES string of the molecule is CC1CC(c2cccc3cccc(-c4ccc(-c5cccc6cccc(C7CC(C)C(C(=O)N[C@H](C)c8ccccc8)C(C)C7)c56)c(N)c4N)c23)CC(C)C1C(=O)N[C@H](C)c1ccccc1. The van der Waals surface area contributed by atoms with Crippen LogP contribution in [0.3, 0.4) is 0 Å². The molecule has 2 aliphatic carbocycles. The Morgan fingerprint density at radius 1 is 0.439 bits per heavy atom. The second-order valence-electron chi connectivity index (χ2n) is 20.1. The quantitative estimate of drug-likeness (QED) is 0.103. The summed E-state index contributed by atoms with van der Waals surface area (Å²) in [4.78, 5) is 27.7. The van der Waals surface area contributed by atoms with Gasteiger partial charge in [0.15, 0.2) is 0 Å². The number of amides is 2. The van der Waals surface area contributed by atoms with Crippen LogP contribution < -0.4 is 22.1 Å². The molecule has 4 unspecified atom stereocenters. The fourth-order valence-corrected chi connectivity index (χ4v) is 12.5. The average molecular weight is 875 g/mol. The molecular weight excluding hydrogens is 809 g/mol. The Morgan fingerprint density at radius 2 is 0.773 bits per heavy atom. The van der Waals surface area contributed by atoms with E-state index in [1.54, 1.807) is 0 Å². The maximum absolute atomic E-state index is 13.8. The highest BCUT2D eigenvalue weighted by atomic mass is 16.2. The lowest BCUT2D eigenvalue weighted by molar-refractivity contribution is -0.131. The van der Waals surface area contributed by atoms with Crippen molar-refractivity contribution in [2.45, 2.75) is 91.1 Å². The molecule has 7 aromatic rings. The molecule has 0 spiro atoms. The number of benzene rings is 7. The number of anilines is 2. The van der Waals surface area contributed by atoms with Gasteiger partial charge in [-0.2, -0.15) is 0 Å². The molecule has 6 atom stereocenters. The molecule has 2 amide bonds. The van der Waals surface area contributed by atoms with Crippen LogP contribution in [-0.4, -0.2) is 11.8 Å². The van der Waals surface area contributed by atoms with E-state index in [-0.39, 0.29) is 71.2 Å². The second kappa shape index (κ2) is 18.8. The van der Waals surface area contributed by atoms with Gasteiger partial charge in [0.25, 0.3) is 0 Å². The summed E-state index contributed by atoms with van der Waals surface area (Å²) >= 11 is 0. The molecule has 0 aliphatic heterocycles. The van der Waals surface area contributed by atoms with E-state index in [4.69, 9.17) is 11.5 Å². The predicted molar refractivity (Wildman–Crippen MR) is 275 cm³/mol. The van der Waals surface area contributed by atoms with E-state index in [1.165, 1.54) is 32.7 Å². The van der Waals surface area contributed by atoms with Gasteiger partial charge in [-0.05, 0) is 130 Å². The summed E-state index contributed by atoms with van der Waals surface area (Å²) in [5.41, 5.74) is 24.5. The van der Waals surface area contributed by atoms with Crippen molar-refractivity contribution in [1.29, 1.82) is 0 Å². The summed E-state index contributed by atoms with van der Waals surface area (Å²) < 4.78 is 0. The van der Waals surface area contributed by atoms with Crippen LogP contribution in [-0.2, 0) is 9.59 Å². The van der Waals surface area contributed by atoms with Crippen molar-refractivity contribution in [3.63, 3.8) is 0 Å². The number of hydrogen-bond acceptors (Lipinski definition) is 4. The van der Waals surface area contributed by atoms with Crippen molar-refractivity contribution in [2.75, 3.05) is 11.5 Å². The van der Waals surface area contributed by atoms with Crippen molar-refractivity contribution < 1.29 is 9.59 Å². The number of carbonyl (C=O) groups excluding carboxylic acids is 2. The number of nitrogens with one attached hydrogen (secondary N) is 2. The number of fused-ring (bicyclic) bond motifs is 2. The molecule has 2 saturated carbocycles. The first-order valence-corrected chi connectivity index (χ1v) is 24.3. The van der Waals surface area contributed by atoms with Gasteiger partial charge in [0, 0.05) is 23.0 Å². The summed E-state index contributed by atoms with van der Waals surface area (Å²) in [5, 5.41) is 11.4. The molecule has 0 aromatic heterocycles. The zero-order valence-electron chi connectivity index (χ0n) is 39.4. The molecule has 338 valence electrons. The zero-order chi connectivity index (χ0) is 46.2. The van der Waals surface area contributed by atoms with Crippen LogP contribution >= 0.6 is 0 Å². The van der Waals surface area contributed by atoms with Crippen LogP contribution in [0.4, 0.5) is 11.4 Å². The molecule has 2 aliphatic rings. The first-order chi connectivity index (χ1) is 31.9. The Bertz CT molecular complexity index is 2640. The van der Waals surface area contributed by atoms with Crippen LogP contribution in [0.5, 0.6) is 0 Å². The largest absolute Gasteiger partial charge is 0.397 e. The lowest BCUT2D eigenvalue weighted by Crippen LogP contribution is -2.42. The summed E-state index contributed by atoms with van der Waals surface area (Å²) in [6, 6.07) is 50.9. The smallest absolute Gasteiger partial charge is 0.224 e. The van der Waals surface area contributed by atoms with Gasteiger partial charge in [0.2, 0.25) is 11.8 Å². The third-order valence-electron chi connectivity index (χ3n) is 15.6. The van der Waals surface area contributed by atoms with Crippen LogP contribution in [0.15, 0.2) is 146 Å². The van der Waals surface area contributed by atoms with Crippen LogP contribution in [0.1, 0.15) is 113 Å². The zero-order valence-corrected chi connectivity index (χ0v) is 39.4. The minimum Gasteiger partial charge on any atom is -0.397 e. The fraction of sp³-hybridized carbons (Fsp3) is 0.333. The molecule has 6 nitrogen and oxygen atoms in total. The van der Waals surface area contributed by atoms with Crippen molar-refractivity contribution in [3.05, 3.63) is 168 Å². The van der Waals surface area contributed by atoms with Gasteiger partial charge in [-0.15, -0.1) is 0 Å². The Morgan fingerprint density at radius 3 is 1.12 bits per heavy atom. The molecule has 0 bridgehead atoms. The summed E-state index contributed by atoms with van der Waals surface area (Å²) in [5.74, 6) is 1.61. The molecule has 7 aromatic carbocycles. The van der Waals surface area contributed by atoms with Crippen LogP contribution in [0.2, 0.25) is 0 Å². The average Bonchev–Trinajstić information content (AvgIpc) is 3.31. The van der Waals surface area contributed by atoms with Crippen LogP contribution in [0, 0.1) is 35.5 Å². The summed E-state index contributed by atoms with van der Waals surface area (Å²) in [7, 11) is 0. The second-order valence-corrected chi connectivity index (χ2v) is 20.1. The Balaban J connectivity index is 0.997. The van der Waals surface area contributed by atoms with Gasteiger partial charge in [0.1, 0.15) is 0 Å². The van der Waals surface area contributed by atoms with Crippen LogP contribution in [0.25, 0.3) is 43.8 Å². The van der Waals surface area contributed by atoms with Gasteiger partial charge in [0.05, 0.1) is 23.5 Å². The molecule has 66 heavy (non-hydrogen) atoms. The highest BCUT2D eigenvalue weighted by molar-refractivity contribution is 6.08. The van der Waals surface area contributed by atoms with E-state index in [1.807, 2.05) is 36.4 Å². The normalized spacial score (nSPS) is 24.1. The molecule has 2 fully saturated rings. The minimum atomic E-state index is -0.0538. The molecule has 0 radical (unpaired) electrons. The van der Waals surface area contributed by atoms with Gasteiger partial charge in [-0.25, -0.2) is 0 Å². The maximum atomic E-state index is 13.8. The lowest BCUT2D eigenvalue weighted by Gasteiger charge is -2.39. The van der Waals surface area contributed by atoms with E-state index < -0.39 is 0 Å². The van der Waals surface area contributed by atoms with Crippen molar-refractivity contribution in [1.82, 2.24) is 10.6 Å². The third-order valence-corrected chi connectivity index (χ3v) is 15.6. The topological polar surface area (TPSA) is 110 Å². The maximum Gasteiger partial charge on any atom is 0.224 e. The van der Waals surface area contributed by atoms with Gasteiger partial charge in [-0.1, -0.05) is 173 Å². The van der Waals surface area contributed by atoms with E-state index in [0.29, 0.717) is 11.4 Å². The number of nitrogen functional groups attached to an aromatic ring is 2. The monoisotopic (exact) mass is 875 g/mol. The Hall–Kier alpha value is -6.40. The van der Waals surface area contributed by atoms with Gasteiger partial charge in [-0.3, -0.25) is 9.59 Å². The van der Waals surface area contributed by atoms with Crippen molar-refractivity contribution in [2.24, 2.45) is 35.5 Å². The van der Waals surface area contributed by atoms with Gasteiger partial charge >= 0.3 is 0 Å². The van der Waals surface area contributed by atoms with E-state index in [2.05, 4.69) is 161 Å². The summed E-state index contributed by atoms with van der Waals surface area (Å²) in [6.07, 6.45) is 3.70. The predicted octanol–water partition coefficient (Wildman–Crippen LogP) is 13.8. The lowest BCUT2D eigenvalue weighted by atomic mass is 9.66. The third kappa shape index (κ3) is 8.59. The number of hydrogen-bond donors (Lipinski definition) is 4. The highest BCUT2D eigenvalue weighted by Crippen LogP contribution is 2.50. The first-order valence-electron chi connectivity index (χ1n) is 24.3. The first kappa shape index (κ1) is 44.8. The molecule has 6 heteroatoms. The van der Waals surface area contributed by atoms with Crippen molar-refractivity contribution >= 4 is 44.7 Å². The van der Waals surface area contributed by atoms with E-state index in [9.17, 15) is 9.59 Å². The fourth-order valence-electron chi connectivity index (χ4n) is 12.5.